The lowest BCUT2D eigenvalue weighted by molar-refractivity contribution is 0.592. The first-order chi connectivity index (χ1) is 8.50. The van der Waals surface area contributed by atoms with E-state index in [4.69, 9.17) is 0 Å². The van der Waals surface area contributed by atoms with Crippen LogP contribution in [0.2, 0.25) is 0 Å². The molecule has 0 aliphatic carbocycles. The second kappa shape index (κ2) is 3.39. The summed E-state index contributed by atoms with van der Waals surface area (Å²) in [5, 5.41) is 4.22. The molecule has 1 aromatic carbocycles. The molecule has 92 valence electrons. The van der Waals surface area contributed by atoms with Crippen molar-refractivity contribution in [2.24, 2.45) is 0 Å². The molecule has 2 aromatic heterocycles. The smallest absolute Gasteiger partial charge is 0.267 e. The van der Waals surface area contributed by atoms with Gasteiger partial charge in [0.15, 0.2) is 0 Å². The molecule has 3 aromatic rings. The third-order valence-electron chi connectivity index (χ3n) is 2.59. The highest BCUT2D eigenvalue weighted by atomic mass is 32.2. The molecule has 0 aliphatic rings. The van der Waals surface area contributed by atoms with Gasteiger partial charge in [-0.25, -0.2) is 8.42 Å². The molecule has 0 radical (unpaired) electrons. The van der Waals surface area contributed by atoms with Gasteiger partial charge >= 0.3 is 0 Å². The maximum Gasteiger partial charge on any atom is 0.276 e. The van der Waals surface area contributed by atoms with Gasteiger partial charge in [-0.05, 0) is 12.1 Å². The Morgan fingerprint density at radius 1 is 1.22 bits per heavy atom. The number of aromatic nitrogens is 4. The Labute approximate surface area is 101 Å². The molecular formula is C10H8N4O3S. The lowest BCUT2D eigenvalue weighted by Crippen LogP contribution is -2.29. The van der Waals surface area contributed by atoms with Gasteiger partial charge in [-0.15, -0.1) is 0 Å². The Balaban J connectivity index is 2.75. The predicted octanol–water partition coefficient (Wildman–Crippen LogP) is -0.148. The van der Waals surface area contributed by atoms with Crippen molar-refractivity contribution in [1.29, 1.82) is 0 Å². The second-order valence-electron chi connectivity index (χ2n) is 3.82. The van der Waals surface area contributed by atoms with Crippen LogP contribution >= 0.6 is 0 Å². The molecule has 0 amide bonds. The third kappa shape index (κ3) is 1.35. The fourth-order valence-corrected chi connectivity index (χ4v) is 2.70. The van der Waals surface area contributed by atoms with E-state index in [1.54, 1.807) is 24.3 Å². The second-order valence-corrected chi connectivity index (χ2v) is 5.65. The lowest BCUT2D eigenvalue weighted by atomic mass is 10.2. The van der Waals surface area contributed by atoms with E-state index in [-0.39, 0.29) is 11.2 Å². The van der Waals surface area contributed by atoms with E-state index < -0.39 is 15.6 Å². The van der Waals surface area contributed by atoms with Crippen LogP contribution in [0.15, 0.2) is 35.4 Å². The van der Waals surface area contributed by atoms with E-state index in [0.29, 0.717) is 9.49 Å². The van der Waals surface area contributed by atoms with Crippen LogP contribution in [-0.4, -0.2) is 33.2 Å². The standard InChI is InChI=1S/C10H8N4O3S/c1-18(16,17)14-9(15)7-4-2-3-5-8(7)13-10(14)11-6-12-13/h2-6H,1H3. The number of hydrogen-bond donors (Lipinski definition) is 0. The van der Waals surface area contributed by atoms with Crippen LogP contribution in [0.1, 0.15) is 0 Å². The van der Waals surface area contributed by atoms with E-state index in [2.05, 4.69) is 10.1 Å². The van der Waals surface area contributed by atoms with Crippen molar-refractivity contribution >= 4 is 26.7 Å². The Kier molecular flexibility index (Phi) is 2.05. The van der Waals surface area contributed by atoms with Crippen molar-refractivity contribution in [2.45, 2.75) is 0 Å². The molecule has 0 saturated heterocycles. The molecule has 18 heavy (non-hydrogen) atoms. The molecule has 0 unspecified atom stereocenters. The summed E-state index contributed by atoms with van der Waals surface area (Å²) in [6, 6.07) is 6.65. The summed E-state index contributed by atoms with van der Waals surface area (Å²) < 4.78 is 25.4. The summed E-state index contributed by atoms with van der Waals surface area (Å²) in [6.45, 7) is 0. The van der Waals surface area contributed by atoms with Crippen molar-refractivity contribution in [3.63, 3.8) is 0 Å². The van der Waals surface area contributed by atoms with Crippen molar-refractivity contribution in [1.82, 2.24) is 18.6 Å². The number of nitrogens with zero attached hydrogens (tertiary/aromatic N) is 4. The van der Waals surface area contributed by atoms with Gasteiger partial charge in [-0.3, -0.25) is 4.79 Å². The summed E-state index contributed by atoms with van der Waals surface area (Å²) >= 11 is 0. The summed E-state index contributed by atoms with van der Waals surface area (Å²) in [7, 11) is -3.74. The molecule has 0 bridgehead atoms. The molecule has 8 heteroatoms. The molecule has 0 atom stereocenters. The molecule has 2 heterocycles. The molecular weight excluding hydrogens is 256 g/mol. The molecule has 3 rings (SSSR count). The Hall–Kier alpha value is -2.22. The Bertz CT molecular complexity index is 923. The van der Waals surface area contributed by atoms with Crippen LogP contribution < -0.4 is 5.56 Å². The van der Waals surface area contributed by atoms with Crippen molar-refractivity contribution in [2.75, 3.05) is 6.26 Å². The van der Waals surface area contributed by atoms with E-state index in [1.165, 1.54) is 10.8 Å². The Morgan fingerprint density at radius 3 is 2.67 bits per heavy atom. The highest BCUT2D eigenvalue weighted by molar-refractivity contribution is 7.89. The van der Waals surface area contributed by atoms with Crippen LogP contribution in [-0.2, 0) is 10.0 Å². The number of hydrogen-bond acceptors (Lipinski definition) is 5. The van der Waals surface area contributed by atoms with Crippen molar-refractivity contribution in [3.8, 4) is 0 Å². The molecule has 0 aliphatic heterocycles. The first-order valence-electron chi connectivity index (χ1n) is 5.04. The van der Waals surface area contributed by atoms with Crippen LogP contribution in [0.25, 0.3) is 16.7 Å². The van der Waals surface area contributed by atoms with Crippen LogP contribution in [0.5, 0.6) is 0 Å². The van der Waals surface area contributed by atoms with E-state index in [1.807, 2.05) is 0 Å². The maximum atomic E-state index is 12.2. The zero-order chi connectivity index (χ0) is 12.9. The number of para-hydroxylation sites is 1. The maximum absolute atomic E-state index is 12.2. The first-order valence-corrected chi connectivity index (χ1v) is 6.89. The van der Waals surface area contributed by atoms with Gasteiger partial charge < -0.3 is 0 Å². The highest BCUT2D eigenvalue weighted by Crippen LogP contribution is 2.11. The Morgan fingerprint density at radius 2 is 1.94 bits per heavy atom. The molecule has 0 spiro atoms. The zero-order valence-electron chi connectivity index (χ0n) is 9.31. The minimum absolute atomic E-state index is 0.0128. The largest absolute Gasteiger partial charge is 0.276 e. The third-order valence-corrected chi connectivity index (χ3v) is 3.58. The van der Waals surface area contributed by atoms with Crippen LogP contribution in [0.4, 0.5) is 0 Å². The molecule has 0 fully saturated rings. The van der Waals surface area contributed by atoms with Gasteiger partial charge in [-0.2, -0.15) is 18.6 Å². The van der Waals surface area contributed by atoms with E-state index in [0.717, 1.165) is 6.26 Å². The zero-order valence-corrected chi connectivity index (χ0v) is 10.1. The normalized spacial score (nSPS) is 12.3. The topological polar surface area (TPSA) is 86.3 Å². The summed E-state index contributed by atoms with van der Waals surface area (Å²) in [4.78, 5) is 16.0. The minimum Gasteiger partial charge on any atom is -0.267 e. The van der Waals surface area contributed by atoms with Crippen LogP contribution in [0.3, 0.4) is 0 Å². The molecule has 0 N–H and O–H groups in total. The average molecular weight is 264 g/mol. The van der Waals surface area contributed by atoms with Gasteiger partial charge in [-0.1, -0.05) is 12.1 Å². The molecule has 0 saturated carbocycles. The first kappa shape index (κ1) is 10.9. The summed E-state index contributed by atoms with van der Waals surface area (Å²) in [5.74, 6) is -0.0128. The van der Waals surface area contributed by atoms with E-state index in [9.17, 15) is 13.2 Å². The fourth-order valence-electron chi connectivity index (χ4n) is 1.88. The fraction of sp³-hybridized carbons (Fsp3) is 0.100. The van der Waals surface area contributed by atoms with Gasteiger partial charge in [0, 0.05) is 0 Å². The molecule has 7 nitrogen and oxygen atoms in total. The van der Waals surface area contributed by atoms with Crippen molar-refractivity contribution in [3.05, 3.63) is 40.9 Å². The van der Waals surface area contributed by atoms with Crippen molar-refractivity contribution < 1.29 is 8.42 Å². The quantitative estimate of drug-likeness (QED) is 0.610. The minimum atomic E-state index is -3.74. The summed E-state index contributed by atoms with van der Waals surface area (Å²) in [6.07, 6.45) is 2.17. The number of benzene rings is 1. The summed E-state index contributed by atoms with van der Waals surface area (Å²) in [5.41, 5.74) is -0.0940. The highest BCUT2D eigenvalue weighted by Gasteiger charge is 2.18. The number of rotatable bonds is 1. The average Bonchev–Trinajstić information content (AvgIpc) is 2.76. The van der Waals surface area contributed by atoms with Gasteiger partial charge in [0.1, 0.15) is 6.33 Å². The van der Waals surface area contributed by atoms with Gasteiger partial charge in [0.2, 0.25) is 15.8 Å². The number of fused-ring (bicyclic) bond motifs is 3. The monoisotopic (exact) mass is 264 g/mol. The predicted molar refractivity (Wildman–Crippen MR) is 65.0 cm³/mol. The van der Waals surface area contributed by atoms with E-state index >= 15 is 0 Å². The lowest BCUT2D eigenvalue weighted by Gasteiger charge is -2.06. The van der Waals surface area contributed by atoms with Crippen LogP contribution in [0, 0.1) is 0 Å². The van der Waals surface area contributed by atoms with Gasteiger partial charge in [0.25, 0.3) is 5.56 Å². The SMILES string of the molecule is CS(=O)(=O)n1c(=O)c2ccccc2n2ncnc12. The van der Waals surface area contributed by atoms with Gasteiger partial charge in [0.05, 0.1) is 17.2 Å².